The Balaban J connectivity index is 3.23. The number of hydrogen-bond donors (Lipinski definition) is 1. The van der Waals surface area contributed by atoms with E-state index in [0.29, 0.717) is 13.2 Å². The van der Waals surface area contributed by atoms with Gasteiger partial charge in [-0.15, -0.1) is 0 Å². The molecule has 0 saturated carbocycles. The van der Waals surface area contributed by atoms with Gasteiger partial charge in [0.25, 0.3) is 6.29 Å². The van der Waals surface area contributed by atoms with Crippen LogP contribution in [0, 0.1) is 0 Å². The van der Waals surface area contributed by atoms with Gasteiger partial charge in [-0.2, -0.15) is 0 Å². The second-order valence-electron chi connectivity index (χ2n) is 5.53. The van der Waals surface area contributed by atoms with Gasteiger partial charge in [0.05, 0.1) is 6.61 Å². The van der Waals surface area contributed by atoms with Crippen molar-refractivity contribution in [3.63, 3.8) is 0 Å². The fourth-order valence-electron chi connectivity index (χ4n) is 2.30. The van der Waals surface area contributed by atoms with Crippen LogP contribution in [0.5, 0.6) is 0 Å². The molecule has 0 aromatic carbocycles. The molecular formula is C17H34O4. The van der Waals surface area contributed by atoms with Gasteiger partial charge in [-0.05, 0) is 13.3 Å². The average molecular weight is 302 g/mol. The third kappa shape index (κ3) is 14.1. The summed E-state index contributed by atoms with van der Waals surface area (Å²) >= 11 is 0. The van der Waals surface area contributed by atoms with Crippen molar-refractivity contribution >= 4 is 5.97 Å². The molecule has 1 unspecified atom stereocenters. The summed E-state index contributed by atoms with van der Waals surface area (Å²) in [6, 6.07) is 0. The number of unbranched alkanes of at least 4 members (excludes halogenated alkanes) is 10. The fourth-order valence-corrected chi connectivity index (χ4v) is 2.30. The SMILES string of the molecule is CCCCCCCCCCCCCOC(OCC)C(=O)O. The first-order chi connectivity index (χ1) is 10.2. The van der Waals surface area contributed by atoms with Crippen LogP contribution in [0.2, 0.25) is 0 Å². The number of carbonyl (C=O) groups is 1. The molecule has 0 aliphatic rings. The van der Waals surface area contributed by atoms with Crippen LogP contribution in [0.15, 0.2) is 0 Å². The van der Waals surface area contributed by atoms with Crippen molar-refractivity contribution in [3.8, 4) is 0 Å². The van der Waals surface area contributed by atoms with Crippen molar-refractivity contribution in [1.29, 1.82) is 0 Å². The summed E-state index contributed by atoms with van der Waals surface area (Å²) in [6.07, 6.45) is 12.9. The van der Waals surface area contributed by atoms with Crippen LogP contribution in [0.3, 0.4) is 0 Å². The van der Waals surface area contributed by atoms with Crippen LogP contribution in [0.1, 0.15) is 84.5 Å². The van der Waals surface area contributed by atoms with Crippen LogP contribution < -0.4 is 0 Å². The van der Waals surface area contributed by atoms with Crippen molar-refractivity contribution in [2.24, 2.45) is 0 Å². The van der Waals surface area contributed by atoms with E-state index in [1.165, 1.54) is 57.8 Å². The molecule has 0 aromatic rings. The molecule has 0 aliphatic heterocycles. The molecule has 0 bridgehead atoms. The lowest BCUT2D eigenvalue weighted by molar-refractivity contribution is -0.188. The van der Waals surface area contributed by atoms with Crippen molar-refractivity contribution in [2.45, 2.75) is 90.8 Å². The van der Waals surface area contributed by atoms with Gasteiger partial charge in [-0.1, -0.05) is 71.1 Å². The molecule has 0 rings (SSSR count). The number of carboxylic acids is 1. The molecule has 1 atom stereocenters. The second kappa shape index (κ2) is 15.8. The summed E-state index contributed by atoms with van der Waals surface area (Å²) < 4.78 is 10.2. The average Bonchev–Trinajstić information content (AvgIpc) is 2.47. The first-order valence-corrected chi connectivity index (χ1v) is 8.68. The molecule has 0 radical (unpaired) electrons. The third-order valence-electron chi connectivity index (χ3n) is 3.54. The minimum absolute atomic E-state index is 0.356. The highest BCUT2D eigenvalue weighted by atomic mass is 16.7. The molecular weight excluding hydrogens is 268 g/mol. The van der Waals surface area contributed by atoms with Gasteiger partial charge < -0.3 is 14.6 Å². The van der Waals surface area contributed by atoms with Gasteiger partial charge in [-0.3, -0.25) is 0 Å². The summed E-state index contributed by atoms with van der Waals surface area (Å²) in [5.41, 5.74) is 0. The zero-order valence-corrected chi connectivity index (χ0v) is 13.9. The second-order valence-corrected chi connectivity index (χ2v) is 5.53. The molecule has 4 heteroatoms. The Hall–Kier alpha value is -0.610. The monoisotopic (exact) mass is 302 g/mol. The summed E-state index contributed by atoms with van der Waals surface area (Å²) in [4.78, 5) is 10.8. The highest BCUT2D eigenvalue weighted by Crippen LogP contribution is 2.11. The Bertz CT molecular complexity index is 231. The Morgan fingerprint density at radius 1 is 0.810 bits per heavy atom. The zero-order chi connectivity index (χ0) is 15.8. The van der Waals surface area contributed by atoms with Crippen molar-refractivity contribution < 1.29 is 19.4 Å². The fraction of sp³-hybridized carbons (Fsp3) is 0.941. The smallest absolute Gasteiger partial charge is 0.361 e. The van der Waals surface area contributed by atoms with E-state index in [1.54, 1.807) is 6.92 Å². The van der Waals surface area contributed by atoms with Gasteiger partial charge >= 0.3 is 5.97 Å². The standard InChI is InChI=1S/C17H34O4/c1-3-5-6-7-8-9-10-11-12-13-14-15-21-17(16(18)19)20-4-2/h17H,3-15H2,1-2H3,(H,18,19). The molecule has 0 heterocycles. The van der Waals surface area contributed by atoms with E-state index in [4.69, 9.17) is 14.6 Å². The molecule has 4 nitrogen and oxygen atoms in total. The van der Waals surface area contributed by atoms with E-state index in [9.17, 15) is 4.79 Å². The van der Waals surface area contributed by atoms with Gasteiger partial charge in [0.2, 0.25) is 0 Å². The molecule has 1 N–H and O–H groups in total. The van der Waals surface area contributed by atoms with Crippen molar-refractivity contribution in [3.05, 3.63) is 0 Å². The van der Waals surface area contributed by atoms with E-state index in [1.807, 2.05) is 0 Å². The van der Waals surface area contributed by atoms with Gasteiger partial charge in [0, 0.05) is 6.61 Å². The Labute approximate surface area is 130 Å². The lowest BCUT2D eigenvalue weighted by Crippen LogP contribution is -2.27. The molecule has 21 heavy (non-hydrogen) atoms. The van der Waals surface area contributed by atoms with Crippen molar-refractivity contribution in [1.82, 2.24) is 0 Å². The lowest BCUT2D eigenvalue weighted by Gasteiger charge is -2.12. The molecule has 0 spiro atoms. The lowest BCUT2D eigenvalue weighted by atomic mass is 10.1. The molecule has 0 amide bonds. The highest BCUT2D eigenvalue weighted by molar-refractivity contribution is 5.70. The summed E-state index contributed by atoms with van der Waals surface area (Å²) in [7, 11) is 0. The molecule has 0 fully saturated rings. The summed E-state index contributed by atoms with van der Waals surface area (Å²) in [5, 5.41) is 8.83. The number of carboxylic acid groups (broad SMARTS) is 1. The summed E-state index contributed by atoms with van der Waals surface area (Å²) in [6.45, 7) is 4.83. The predicted octanol–water partition coefficient (Wildman–Crippen LogP) is 4.76. The molecule has 0 aliphatic carbocycles. The van der Waals surface area contributed by atoms with Gasteiger partial charge in [0.15, 0.2) is 0 Å². The van der Waals surface area contributed by atoms with Crippen LogP contribution in [-0.4, -0.2) is 30.6 Å². The number of rotatable bonds is 16. The Morgan fingerprint density at radius 2 is 1.29 bits per heavy atom. The normalized spacial score (nSPS) is 12.5. The maximum atomic E-state index is 10.8. The summed E-state index contributed by atoms with van der Waals surface area (Å²) in [5.74, 6) is -1.04. The minimum Gasteiger partial charge on any atom is -0.477 e. The maximum absolute atomic E-state index is 10.8. The van der Waals surface area contributed by atoms with Gasteiger partial charge in [-0.25, -0.2) is 4.79 Å². The number of aliphatic carboxylic acids is 1. The topological polar surface area (TPSA) is 55.8 Å². The Kier molecular flexibility index (Phi) is 15.3. The number of hydrogen-bond acceptors (Lipinski definition) is 3. The van der Waals surface area contributed by atoms with E-state index in [2.05, 4.69) is 6.92 Å². The van der Waals surface area contributed by atoms with Crippen molar-refractivity contribution in [2.75, 3.05) is 13.2 Å². The van der Waals surface area contributed by atoms with Gasteiger partial charge in [0.1, 0.15) is 0 Å². The van der Waals surface area contributed by atoms with E-state index in [-0.39, 0.29) is 0 Å². The molecule has 0 aromatic heterocycles. The van der Waals surface area contributed by atoms with E-state index >= 15 is 0 Å². The van der Waals surface area contributed by atoms with Crippen LogP contribution in [0.4, 0.5) is 0 Å². The Morgan fingerprint density at radius 3 is 1.71 bits per heavy atom. The molecule has 126 valence electrons. The predicted molar refractivity (Wildman–Crippen MR) is 85.5 cm³/mol. The maximum Gasteiger partial charge on any atom is 0.361 e. The largest absolute Gasteiger partial charge is 0.477 e. The molecule has 0 saturated heterocycles. The number of ether oxygens (including phenoxy) is 2. The first-order valence-electron chi connectivity index (χ1n) is 8.68. The quantitative estimate of drug-likeness (QED) is 0.330. The van der Waals surface area contributed by atoms with Crippen LogP contribution in [0.25, 0.3) is 0 Å². The zero-order valence-electron chi connectivity index (χ0n) is 13.9. The van der Waals surface area contributed by atoms with Crippen LogP contribution in [-0.2, 0) is 14.3 Å². The van der Waals surface area contributed by atoms with E-state index in [0.717, 1.165) is 12.8 Å². The minimum atomic E-state index is -1.10. The highest BCUT2D eigenvalue weighted by Gasteiger charge is 2.17. The third-order valence-corrected chi connectivity index (χ3v) is 3.54. The van der Waals surface area contributed by atoms with E-state index < -0.39 is 12.3 Å². The first kappa shape index (κ1) is 20.4. The van der Waals surface area contributed by atoms with Crippen LogP contribution >= 0.6 is 0 Å².